The van der Waals surface area contributed by atoms with E-state index in [4.69, 9.17) is 4.74 Å². The van der Waals surface area contributed by atoms with Crippen LogP contribution in [0.3, 0.4) is 0 Å². The van der Waals surface area contributed by atoms with Gasteiger partial charge in [-0.25, -0.2) is 4.98 Å². The van der Waals surface area contributed by atoms with Gasteiger partial charge < -0.3 is 4.74 Å². The van der Waals surface area contributed by atoms with Crippen LogP contribution in [0.5, 0.6) is 5.75 Å². The molecule has 0 aliphatic carbocycles. The molecule has 4 rings (SSSR count). The Morgan fingerprint density at radius 1 is 1.06 bits per heavy atom. The third-order valence-electron chi connectivity index (χ3n) is 4.72. The molecule has 0 unspecified atom stereocenters. The number of hydrazone groups is 1. The van der Waals surface area contributed by atoms with Crippen LogP contribution in [0.1, 0.15) is 15.9 Å². The van der Waals surface area contributed by atoms with Gasteiger partial charge in [0.15, 0.2) is 0 Å². The topological polar surface area (TPSA) is 141 Å². The number of aromatic nitrogens is 1. The van der Waals surface area contributed by atoms with Crippen molar-refractivity contribution < 1.29 is 19.4 Å². The van der Waals surface area contributed by atoms with Gasteiger partial charge in [-0.2, -0.15) is 10.1 Å². The van der Waals surface area contributed by atoms with Gasteiger partial charge in [-0.3, -0.25) is 25.0 Å². The molecule has 0 spiro atoms. The number of carbonyl (C=O) groups excluding carboxylic acids is 1. The maximum atomic E-state index is 13.5. The van der Waals surface area contributed by atoms with E-state index in [-0.39, 0.29) is 10.7 Å². The highest BCUT2D eigenvalue weighted by Gasteiger charge is 2.26. The number of anilines is 1. The first-order valence-corrected chi connectivity index (χ1v) is 11.4. The zero-order valence-electron chi connectivity index (χ0n) is 17.8. The minimum Gasteiger partial charge on any atom is -0.497 e. The average Bonchev–Trinajstić information content (AvgIpc) is 3.26. The lowest BCUT2D eigenvalue weighted by molar-refractivity contribution is -0.394. The van der Waals surface area contributed by atoms with Crippen molar-refractivity contribution in [3.05, 3.63) is 96.5 Å². The predicted octanol–water partition coefficient (Wildman–Crippen LogP) is 5.56. The number of nitro benzene ring substituents is 2. The second-order valence-electron chi connectivity index (χ2n) is 7.00. The van der Waals surface area contributed by atoms with Crippen LogP contribution in [0.4, 0.5) is 16.5 Å². The number of thiazole rings is 1. The molecule has 0 radical (unpaired) electrons. The molecule has 11 nitrogen and oxygen atoms in total. The maximum absolute atomic E-state index is 13.5. The van der Waals surface area contributed by atoms with Gasteiger partial charge in [0.1, 0.15) is 5.75 Å². The Morgan fingerprint density at radius 2 is 1.71 bits per heavy atom. The molecular formula is C22H14BrN5O6S. The van der Waals surface area contributed by atoms with Crippen molar-refractivity contribution in [3.8, 4) is 5.75 Å². The van der Waals surface area contributed by atoms with Crippen molar-refractivity contribution in [2.75, 3.05) is 12.1 Å². The number of amides is 1. The highest BCUT2D eigenvalue weighted by atomic mass is 79.9. The van der Waals surface area contributed by atoms with Crippen molar-refractivity contribution >= 4 is 66.1 Å². The number of hydrogen-bond donors (Lipinski definition) is 0. The minimum atomic E-state index is -0.820. The highest BCUT2D eigenvalue weighted by molar-refractivity contribution is 9.10. The fourth-order valence-electron chi connectivity index (χ4n) is 3.03. The van der Waals surface area contributed by atoms with E-state index in [0.29, 0.717) is 16.8 Å². The number of fused-ring (bicyclic) bond motifs is 1. The molecule has 0 aliphatic rings. The molecule has 1 heterocycles. The van der Waals surface area contributed by atoms with Gasteiger partial charge in [0, 0.05) is 16.6 Å². The Kier molecular flexibility index (Phi) is 6.80. The van der Waals surface area contributed by atoms with Crippen LogP contribution < -0.4 is 9.75 Å². The lowest BCUT2D eigenvalue weighted by Gasteiger charge is -2.14. The first-order valence-electron chi connectivity index (χ1n) is 9.77. The second-order valence-corrected chi connectivity index (χ2v) is 8.92. The van der Waals surface area contributed by atoms with E-state index in [1.807, 2.05) is 6.07 Å². The largest absolute Gasteiger partial charge is 0.497 e. The van der Waals surface area contributed by atoms with Gasteiger partial charge in [0.2, 0.25) is 5.13 Å². The average molecular weight is 556 g/mol. The summed E-state index contributed by atoms with van der Waals surface area (Å²) in [6.45, 7) is 0. The molecule has 0 bridgehead atoms. The van der Waals surface area contributed by atoms with Crippen molar-refractivity contribution in [1.29, 1.82) is 0 Å². The number of methoxy groups -OCH3 is 1. The number of carbonyl (C=O) groups is 1. The molecular weight excluding hydrogens is 542 g/mol. The van der Waals surface area contributed by atoms with E-state index in [0.717, 1.165) is 32.4 Å². The summed E-state index contributed by atoms with van der Waals surface area (Å²) in [6.07, 6.45) is 1.41. The summed E-state index contributed by atoms with van der Waals surface area (Å²) < 4.78 is 6.71. The Balaban J connectivity index is 1.81. The number of nitrogens with zero attached hydrogens (tertiary/aromatic N) is 5. The van der Waals surface area contributed by atoms with Crippen LogP contribution >= 0.6 is 27.3 Å². The predicted molar refractivity (Wildman–Crippen MR) is 134 cm³/mol. The van der Waals surface area contributed by atoms with Gasteiger partial charge >= 0.3 is 0 Å². The SMILES string of the molecule is COc1ccc(/C=N/N(C(=O)c2cc([N+](=O)[O-])cc([N+](=O)[O-])c2)c2nc3ccc(Br)cc3s2)cc1. The summed E-state index contributed by atoms with van der Waals surface area (Å²) in [5, 5.41) is 28.0. The van der Waals surface area contributed by atoms with E-state index in [9.17, 15) is 25.0 Å². The Bertz CT molecular complexity index is 1460. The lowest BCUT2D eigenvalue weighted by atomic mass is 10.1. The molecule has 176 valence electrons. The molecule has 0 saturated carbocycles. The van der Waals surface area contributed by atoms with Crippen molar-refractivity contribution in [2.24, 2.45) is 5.10 Å². The van der Waals surface area contributed by atoms with E-state index >= 15 is 0 Å². The lowest BCUT2D eigenvalue weighted by Crippen LogP contribution is -2.25. The van der Waals surface area contributed by atoms with Gasteiger partial charge in [-0.1, -0.05) is 27.3 Å². The van der Waals surface area contributed by atoms with Gasteiger partial charge in [0.25, 0.3) is 17.3 Å². The normalized spacial score (nSPS) is 11.0. The summed E-state index contributed by atoms with van der Waals surface area (Å²) in [4.78, 5) is 38.9. The Hall–Kier alpha value is -4.23. The van der Waals surface area contributed by atoms with E-state index in [1.165, 1.54) is 24.7 Å². The summed E-state index contributed by atoms with van der Waals surface area (Å²) >= 11 is 4.56. The first kappa shape index (κ1) is 23.9. The number of benzene rings is 3. The zero-order valence-corrected chi connectivity index (χ0v) is 20.2. The molecule has 0 atom stereocenters. The third kappa shape index (κ3) is 5.31. The summed E-state index contributed by atoms with van der Waals surface area (Å²) in [7, 11) is 1.53. The fourth-order valence-corrected chi connectivity index (χ4v) is 4.51. The first-order chi connectivity index (χ1) is 16.7. The van der Waals surface area contributed by atoms with Crippen LogP contribution in [-0.2, 0) is 0 Å². The van der Waals surface area contributed by atoms with Crippen LogP contribution in [0.2, 0.25) is 0 Å². The zero-order chi connectivity index (χ0) is 25.1. The van der Waals surface area contributed by atoms with Crippen molar-refractivity contribution in [2.45, 2.75) is 0 Å². The second kappa shape index (κ2) is 9.95. The molecule has 4 aromatic rings. The smallest absolute Gasteiger partial charge is 0.281 e. The third-order valence-corrected chi connectivity index (χ3v) is 6.21. The molecule has 1 amide bonds. The number of hydrogen-bond acceptors (Lipinski definition) is 9. The summed E-state index contributed by atoms with van der Waals surface area (Å²) in [5.41, 5.74) is -0.212. The Labute approximate surface area is 209 Å². The van der Waals surface area contributed by atoms with Crippen molar-refractivity contribution in [1.82, 2.24) is 4.98 Å². The molecule has 0 N–H and O–H groups in total. The quantitative estimate of drug-likeness (QED) is 0.165. The molecule has 1 aromatic heterocycles. The minimum absolute atomic E-state index is 0.182. The molecule has 13 heteroatoms. The fraction of sp³-hybridized carbons (Fsp3) is 0.0455. The van der Waals surface area contributed by atoms with Crippen molar-refractivity contribution in [3.63, 3.8) is 0 Å². The number of rotatable bonds is 7. The molecule has 3 aromatic carbocycles. The molecule has 0 aliphatic heterocycles. The monoisotopic (exact) mass is 555 g/mol. The standard InChI is InChI=1S/C22H14BrN5O6S/c1-34-18-5-2-13(3-6-18)12-24-26(22-25-19-7-4-15(23)10-20(19)35-22)21(29)14-8-16(27(30)31)11-17(9-14)28(32)33/h2-12H,1H3/b24-12+. The number of halogens is 1. The van der Waals surface area contributed by atoms with Crippen LogP contribution in [-0.4, -0.2) is 34.1 Å². The van der Waals surface area contributed by atoms with Gasteiger partial charge in [0.05, 0.1) is 45.0 Å². The van der Waals surface area contributed by atoms with E-state index in [2.05, 4.69) is 26.0 Å². The van der Waals surface area contributed by atoms with Crippen LogP contribution in [0, 0.1) is 20.2 Å². The van der Waals surface area contributed by atoms with E-state index in [1.54, 1.807) is 36.4 Å². The number of nitro groups is 2. The maximum Gasteiger partial charge on any atom is 0.281 e. The Morgan fingerprint density at radius 3 is 2.31 bits per heavy atom. The van der Waals surface area contributed by atoms with Gasteiger partial charge in [-0.15, -0.1) is 0 Å². The van der Waals surface area contributed by atoms with Crippen LogP contribution in [0.25, 0.3) is 10.2 Å². The summed E-state index contributed by atoms with van der Waals surface area (Å²) in [6, 6.07) is 15.0. The molecule has 0 saturated heterocycles. The molecule has 35 heavy (non-hydrogen) atoms. The number of ether oxygens (including phenoxy) is 1. The highest BCUT2D eigenvalue weighted by Crippen LogP contribution is 2.33. The molecule has 0 fully saturated rings. The number of non-ortho nitro benzene ring substituents is 2. The van der Waals surface area contributed by atoms with E-state index < -0.39 is 27.1 Å². The summed E-state index contributed by atoms with van der Waals surface area (Å²) in [5.74, 6) is -0.185. The van der Waals surface area contributed by atoms with Crippen LogP contribution in [0.15, 0.2) is 70.2 Å². The van der Waals surface area contributed by atoms with Gasteiger partial charge in [-0.05, 0) is 48.0 Å².